The highest BCUT2D eigenvalue weighted by Crippen LogP contribution is 2.21. The van der Waals surface area contributed by atoms with Gasteiger partial charge in [0.25, 0.3) is 0 Å². The summed E-state index contributed by atoms with van der Waals surface area (Å²) in [5, 5.41) is 15.3. The molecule has 1 unspecified atom stereocenters. The fraction of sp³-hybridized carbons (Fsp3) is 1.00. The third-order valence-electron chi connectivity index (χ3n) is 1.28. The molecule has 2 N–H and O–H groups in total. The number of hydrogen-bond acceptors (Lipinski definition) is 4. The van der Waals surface area contributed by atoms with Crippen molar-refractivity contribution in [3.05, 3.63) is 0 Å². The van der Waals surface area contributed by atoms with Gasteiger partial charge < -0.3 is 10.2 Å². The normalized spacial score (nSPS) is 15.3. The molecule has 0 spiro atoms. The summed E-state index contributed by atoms with van der Waals surface area (Å²) < 4.78 is 0. The molecule has 0 fully saturated rings. The highest BCUT2D eigenvalue weighted by atomic mass is 32.1. The van der Waals surface area contributed by atoms with Gasteiger partial charge >= 0.3 is 0 Å². The molecule has 0 aliphatic carbocycles. The van der Waals surface area contributed by atoms with E-state index in [-0.39, 0.29) is 0 Å². The van der Waals surface area contributed by atoms with Gasteiger partial charge in [0.05, 0.1) is 5.25 Å². The first-order valence-corrected chi connectivity index (χ1v) is 4.30. The quantitative estimate of drug-likeness (QED) is 0.388. The average Bonchev–Trinajstić information content (AvgIpc) is 1.80. The predicted molar refractivity (Wildman–Crippen MR) is 48.5 cm³/mol. The van der Waals surface area contributed by atoms with E-state index in [1.54, 1.807) is 0 Å². The first kappa shape index (κ1) is 10.6. The van der Waals surface area contributed by atoms with Crippen LogP contribution < -0.4 is 0 Å². The molecule has 62 valence electrons. The summed E-state index contributed by atoms with van der Waals surface area (Å²) in [6.07, 6.45) is 2.65. The molecular weight excluding hydrogens is 168 g/mol. The van der Waals surface area contributed by atoms with Crippen LogP contribution in [0.3, 0.4) is 0 Å². The third-order valence-corrected chi connectivity index (χ3v) is 2.41. The van der Waals surface area contributed by atoms with Crippen molar-refractivity contribution in [3.63, 3.8) is 0 Å². The first-order valence-electron chi connectivity index (χ1n) is 3.33. The Balaban J connectivity index is 3.52. The van der Waals surface area contributed by atoms with Crippen molar-refractivity contribution in [1.29, 1.82) is 0 Å². The Morgan fingerprint density at radius 2 is 2.00 bits per heavy atom. The van der Waals surface area contributed by atoms with Gasteiger partial charge in [-0.3, -0.25) is 0 Å². The molecule has 2 nitrogen and oxygen atoms in total. The lowest BCUT2D eigenvalue weighted by Gasteiger charge is -2.21. The lowest BCUT2D eigenvalue weighted by atomic mass is 10.2. The van der Waals surface area contributed by atoms with Crippen molar-refractivity contribution in [1.82, 2.24) is 0 Å². The maximum atomic E-state index is 8.86. The zero-order valence-corrected chi connectivity index (χ0v) is 7.78. The lowest BCUT2D eigenvalue weighted by molar-refractivity contribution is -0.0748. The summed E-state index contributed by atoms with van der Waals surface area (Å²) in [6.45, 7) is 2.04. The van der Waals surface area contributed by atoms with Crippen molar-refractivity contribution >= 4 is 25.3 Å². The summed E-state index contributed by atoms with van der Waals surface area (Å²) in [6, 6.07) is 0. The van der Waals surface area contributed by atoms with Crippen LogP contribution in [0, 0.1) is 0 Å². The topological polar surface area (TPSA) is 40.5 Å². The van der Waals surface area contributed by atoms with Crippen LogP contribution in [0.5, 0.6) is 0 Å². The fourth-order valence-electron chi connectivity index (χ4n) is 0.591. The van der Waals surface area contributed by atoms with Crippen LogP contribution in [-0.4, -0.2) is 20.6 Å². The molecule has 0 amide bonds. The number of thiol groups is 2. The third kappa shape index (κ3) is 4.44. The van der Waals surface area contributed by atoms with Crippen molar-refractivity contribution in [3.8, 4) is 0 Å². The van der Waals surface area contributed by atoms with Crippen LogP contribution in [0.2, 0.25) is 0 Å². The molecule has 0 aromatic heterocycles. The van der Waals surface area contributed by atoms with Gasteiger partial charge in [-0.05, 0) is 6.42 Å². The molecule has 0 aliphatic rings. The Labute approximate surface area is 72.5 Å². The van der Waals surface area contributed by atoms with Crippen LogP contribution in [-0.2, 0) is 0 Å². The van der Waals surface area contributed by atoms with Gasteiger partial charge in [0.15, 0.2) is 0 Å². The van der Waals surface area contributed by atoms with Gasteiger partial charge in [-0.1, -0.05) is 19.8 Å². The van der Waals surface area contributed by atoms with Gasteiger partial charge in [0.1, 0.15) is 0 Å². The van der Waals surface area contributed by atoms with E-state index in [1.165, 1.54) is 0 Å². The first-order chi connectivity index (χ1) is 4.48. The predicted octanol–water partition coefficient (Wildman–Crippen LogP) is 1.04. The van der Waals surface area contributed by atoms with E-state index in [4.69, 9.17) is 10.2 Å². The van der Waals surface area contributed by atoms with E-state index >= 15 is 0 Å². The second kappa shape index (κ2) is 4.49. The largest absolute Gasteiger partial charge is 0.357 e. The summed E-state index contributed by atoms with van der Waals surface area (Å²) in [7, 11) is 0. The highest BCUT2D eigenvalue weighted by Gasteiger charge is 2.25. The van der Waals surface area contributed by atoms with E-state index in [1.807, 2.05) is 6.92 Å². The number of rotatable bonds is 4. The number of aliphatic hydroxyl groups is 2. The SMILES string of the molecule is CCCCC(S)C(O)(O)S. The van der Waals surface area contributed by atoms with Gasteiger partial charge in [0, 0.05) is 0 Å². The Morgan fingerprint density at radius 1 is 1.50 bits per heavy atom. The Bertz CT molecular complexity index is 90.2. The fourth-order valence-corrected chi connectivity index (χ4v) is 0.903. The van der Waals surface area contributed by atoms with Crippen LogP contribution in [0.15, 0.2) is 0 Å². The lowest BCUT2D eigenvalue weighted by Crippen LogP contribution is -2.32. The summed E-state index contributed by atoms with van der Waals surface area (Å²) >= 11 is 7.53. The second-order valence-corrected chi connectivity index (χ2v) is 3.63. The molecule has 10 heavy (non-hydrogen) atoms. The molecule has 0 aromatic carbocycles. The monoisotopic (exact) mass is 182 g/mol. The molecule has 4 heteroatoms. The van der Waals surface area contributed by atoms with Crippen LogP contribution >= 0.6 is 25.3 Å². The van der Waals surface area contributed by atoms with Crippen molar-refractivity contribution in [2.45, 2.75) is 36.6 Å². The number of unbranched alkanes of at least 4 members (excludes halogenated alkanes) is 1. The van der Waals surface area contributed by atoms with Gasteiger partial charge in [-0.15, -0.1) is 12.6 Å². The smallest absolute Gasteiger partial charge is 0.222 e. The second-order valence-electron chi connectivity index (χ2n) is 2.35. The molecular formula is C6H14O2S2. The van der Waals surface area contributed by atoms with Crippen molar-refractivity contribution in [2.75, 3.05) is 0 Å². The van der Waals surface area contributed by atoms with Gasteiger partial charge in [0.2, 0.25) is 5.12 Å². The maximum Gasteiger partial charge on any atom is 0.222 e. The van der Waals surface area contributed by atoms with Gasteiger partial charge in [-0.25, -0.2) is 0 Å². The highest BCUT2D eigenvalue weighted by molar-refractivity contribution is 7.85. The Hall–Kier alpha value is 0.620. The van der Waals surface area contributed by atoms with E-state index < -0.39 is 10.4 Å². The molecule has 1 atom stereocenters. The van der Waals surface area contributed by atoms with Crippen LogP contribution in [0.25, 0.3) is 0 Å². The molecule has 0 saturated carbocycles. The van der Waals surface area contributed by atoms with Crippen LogP contribution in [0.4, 0.5) is 0 Å². The molecule has 0 rings (SSSR count). The molecule has 0 aliphatic heterocycles. The van der Waals surface area contributed by atoms with Crippen molar-refractivity contribution in [2.24, 2.45) is 0 Å². The number of hydrogen-bond donors (Lipinski definition) is 4. The molecule has 0 bridgehead atoms. The van der Waals surface area contributed by atoms with Crippen molar-refractivity contribution < 1.29 is 10.2 Å². The minimum Gasteiger partial charge on any atom is -0.357 e. The summed E-state index contributed by atoms with van der Waals surface area (Å²) in [4.78, 5) is 0. The minimum absolute atomic E-state index is 0.462. The maximum absolute atomic E-state index is 8.86. The van der Waals surface area contributed by atoms with E-state index in [0.717, 1.165) is 12.8 Å². The standard InChI is InChI=1S/C6H14O2S2/c1-2-3-4-5(9)6(7,8)10/h5,7-10H,2-4H2,1H3. The summed E-state index contributed by atoms with van der Waals surface area (Å²) in [5.74, 6) is 0. The molecule has 0 saturated heterocycles. The van der Waals surface area contributed by atoms with Gasteiger partial charge in [-0.2, -0.15) is 12.6 Å². The Morgan fingerprint density at radius 3 is 2.30 bits per heavy atom. The molecule has 0 aromatic rings. The molecule has 0 heterocycles. The average molecular weight is 182 g/mol. The zero-order valence-electron chi connectivity index (χ0n) is 5.99. The Kier molecular flexibility index (Phi) is 4.77. The van der Waals surface area contributed by atoms with E-state index in [9.17, 15) is 0 Å². The van der Waals surface area contributed by atoms with E-state index in [0.29, 0.717) is 6.42 Å². The minimum atomic E-state index is -1.93. The summed E-state index contributed by atoms with van der Waals surface area (Å²) in [5.41, 5.74) is 0. The molecule has 0 radical (unpaired) electrons. The van der Waals surface area contributed by atoms with Crippen LogP contribution in [0.1, 0.15) is 26.2 Å². The van der Waals surface area contributed by atoms with E-state index in [2.05, 4.69) is 25.3 Å². The zero-order chi connectivity index (χ0) is 8.20.